The van der Waals surface area contributed by atoms with Crippen LogP contribution in [-0.4, -0.2) is 70.6 Å². The number of nitrogens with zero attached hydrogens (tertiary/aromatic N) is 5. The van der Waals surface area contributed by atoms with E-state index in [4.69, 9.17) is 4.98 Å². The summed E-state index contributed by atoms with van der Waals surface area (Å²) in [7, 11) is 2.15. The summed E-state index contributed by atoms with van der Waals surface area (Å²) in [6, 6.07) is 12.0. The highest BCUT2D eigenvalue weighted by Gasteiger charge is 2.36. The number of amides is 1. The van der Waals surface area contributed by atoms with Crippen LogP contribution < -0.4 is 20.9 Å². The van der Waals surface area contributed by atoms with Crippen LogP contribution in [0, 0.1) is 0 Å². The van der Waals surface area contributed by atoms with Crippen molar-refractivity contribution in [3.63, 3.8) is 0 Å². The van der Waals surface area contributed by atoms with E-state index in [2.05, 4.69) is 61.5 Å². The topological polar surface area (TPSA) is 119 Å². The van der Waals surface area contributed by atoms with Gasteiger partial charge in [-0.2, -0.15) is 4.98 Å². The predicted octanol–water partition coefficient (Wildman–Crippen LogP) is 3.57. The maximum atomic E-state index is 12.9. The number of hydrogen-bond donors (Lipinski definition) is 4. The van der Waals surface area contributed by atoms with Crippen molar-refractivity contribution in [3.8, 4) is 0 Å². The quantitative estimate of drug-likeness (QED) is 0.309. The van der Waals surface area contributed by atoms with Gasteiger partial charge >= 0.3 is 0 Å². The van der Waals surface area contributed by atoms with E-state index in [1.54, 1.807) is 6.08 Å². The number of carbonyl (C=O) groups is 1. The van der Waals surface area contributed by atoms with Crippen molar-refractivity contribution in [3.05, 3.63) is 72.1 Å². The third kappa shape index (κ3) is 5.86. The first-order valence-electron chi connectivity index (χ1n) is 13.4. The summed E-state index contributed by atoms with van der Waals surface area (Å²) in [5.41, 5.74) is 3.08. The second-order valence-electron chi connectivity index (χ2n) is 10.1. The standard InChI is InChI=1S/C29H36N8O2/c1-4-14-30-27(38)23-19-31-28(32-21-7-9-22(10-8-21)37-17-15-36(3)16-18-37)35-26(23)34-24-11-6-20-12-13-29(39,5-2)25(20)33-24/h4,6-11,19,39H,1,5,12-18H2,2-3H3,(H,30,38)(H2,31,32,33,34,35)/t29-/m1/s1. The van der Waals surface area contributed by atoms with Crippen LogP contribution in [0.2, 0.25) is 0 Å². The molecule has 204 valence electrons. The van der Waals surface area contributed by atoms with Gasteiger partial charge in [0.15, 0.2) is 0 Å². The van der Waals surface area contributed by atoms with Gasteiger partial charge in [-0.3, -0.25) is 4.79 Å². The lowest BCUT2D eigenvalue weighted by Gasteiger charge is -2.34. The smallest absolute Gasteiger partial charge is 0.256 e. The van der Waals surface area contributed by atoms with Crippen molar-refractivity contribution in [1.29, 1.82) is 0 Å². The Morgan fingerprint density at radius 2 is 1.87 bits per heavy atom. The molecular formula is C29H36N8O2. The monoisotopic (exact) mass is 528 g/mol. The first-order valence-corrected chi connectivity index (χ1v) is 13.4. The predicted molar refractivity (Wildman–Crippen MR) is 154 cm³/mol. The summed E-state index contributed by atoms with van der Waals surface area (Å²) >= 11 is 0. The lowest BCUT2D eigenvalue weighted by atomic mass is 9.98. The molecule has 39 heavy (non-hydrogen) atoms. The Morgan fingerprint density at radius 1 is 1.10 bits per heavy atom. The fourth-order valence-corrected chi connectivity index (χ4v) is 5.00. The molecule has 0 spiro atoms. The molecule has 1 fully saturated rings. The summed E-state index contributed by atoms with van der Waals surface area (Å²) in [6.45, 7) is 10.0. The van der Waals surface area contributed by atoms with Crippen LogP contribution in [0.3, 0.4) is 0 Å². The Hall–Kier alpha value is -4.02. The van der Waals surface area contributed by atoms with Gasteiger partial charge in [0.05, 0.1) is 5.69 Å². The van der Waals surface area contributed by atoms with E-state index >= 15 is 0 Å². The molecule has 3 aromatic rings. The number of likely N-dealkylation sites (N-methyl/N-ethyl adjacent to an activating group) is 1. The van der Waals surface area contributed by atoms with Gasteiger partial charge < -0.3 is 30.9 Å². The van der Waals surface area contributed by atoms with E-state index in [1.807, 2.05) is 31.2 Å². The molecular weight excluding hydrogens is 492 g/mol. The van der Waals surface area contributed by atoms with Crippen LogP contribution in [0.5, 0.6) is 0 Å². The molecule has 1 atom stereocenters. The van der Waals surface area contributed by atoms with Gasteiger partial charge in [-0.1, -0.05) is 19.1 Å². The first kappa shape index (κ1) is 26.6. The SMILES string of the molecule is C=CCNC(=O)c1cnc(Nc2ccc(N3CCN(C)CC3)cc2)nc1Nc1ccc2c(n1)[C@@](O)(CC)CC2. The summed E-state index contributed by atoms with van der Waals surface area (Å²) in [5.74, 6) is 0.832. The van der Waals surface area contributed by atoms with Gasteiger partial charge in [-0.05, 0) is 62.2 Å². The van der Waals surface area contributed by atoms with E-state index in [9.17, 15) is 9.90 Å². The second kappa shape index (κ2) is 11.4. The Bertz CT molecular complexity index is 1340. The molecule has 1 amide bonds. The number of nitrogens with one attached hydrogen (secondary N) is 3. The molecule has 2 aliphatic rings. The molecule has 0 saturated carbocycles. The van der Waals surface area contributed by atoms with Crippen LogP contribution >= 0.6 is 0 Å². The first-order chi connectivity index (χ1) is 18.9. The fraction of sp³-hybridized carbons (Fsp3) is 0.379. The van der Waals surface area contributed by atoms with Gasteiger partial charge in [0, 0.05) is 50.3 Å². The van der Waals surface area contributed by atoms with Gasteiger partial charge in [0.25, 0.3) is 5.91 Å². The zero-order chi connectivity index (χ0) is 27.4. The Labute approximate surface area is 229 Å². The molecule has 10 heteroatoms. The van der Waals surface area contributed by atoms with Crippen molar-refractivity contribution in [2.75, 3.05) is 55.3 Å². The van der Waals surface area contributed by atoms with Crippen molar-refractivity contribution < 1.29 is 9.90 Å². The molecule has 0 radical (unpaired) electrons. The van der Waals surface area contributed by atoms with Gasteiger partial charge in [-0.15, -0.1) is 6.58 Å². The van der Waals surface area contributed by atoms with Crippen molar-refractivity contribution in [2.45, 2.75) is 31.8 Å². The largest absolute Gasteiger partial charge is 0.384 e. The molecule has 1 aromatic carbocycles. The molecule has 3 heterocycles. The molecule has 1 saturated heterocycles. The van der Waals surface area contributed by atoms with E-state index in [0.717, 1.165) is 43.9 Å². The highest BCUT2D eigenvalue weighted by molar-refractivity contribution is 5.99. The minimum Gasteiger partial charge on any atom is -0.384 e. The maximum Gasteiger partial charge on any atom is 0.256 e. The molecule has 1 aliphatic carbocycles. The van der Waals surface area contributed by atoms with Crippen molar-refractivity contribution in [2.24, 2.45) is 0 Å². The molecule has 2 aromatic heterocycles. The Morgan fingerprint density at radius 3 is 2.59 bits per heavy atom. The number of pyridine rings is 1. The highest BCUT2D eigenvalue weighted by atomic mass is 16.3. The zero-order valence-electron chi connectivity index (χ0n) is 22.6. The molecule has 10 nitrogen and oxygen atoms in total. The average Bonchev–Trinajstić information content (AvgIpc) is 3.29. The number of aryl methyl sites for hydroxylation is 1. The number of rotatable bonds is 9. The summed E-state index contributed by atoms with van der Waals surface area (Å²) in [5, 5.41) is 20.2. The minimum atomic E-state index is -0.939. The van der Waals surface area contributed by atoms with E-state index in [1.165, 1.54) is 11.9 Å². The minimum absolute atomic E-state index is 0.279. The van der Waals surface area contributed by atoms with Gasteiger partial charge in [0.1, 0.15) is 22.8 Å². The highest BCUT2D eigenvalue weighted by Crippen LogP contribution is 2.39. The van der Waals surface area contributed by atoms with Crippen LogP contribution in [0.25, 0.3) is 0 Å². The number of carbonyl (C=O) groups excluding carboxylic acids is 1. The Balaban J connectivity index is 1.38. The number of fused-ring (bicyclic) bond motifs is 1. The normalized spacial score (nSPS) is 18.9. The lowest BCUT2D eigenvalue weighted by molar-refractivity contribution is 0.0307. The summed E-state index contributed by atoms with van der Waals surface area (Å²) in [4.78, 5) is 31.3. The molecule has 1 aliphatic heterocycles. The number of anilines is 5. The fourth-order valence-electron chi connectivity index (χ4n) is 5.00. The van der Waals surface area contributed by atoms with Gasteiger partial charge in [0.2, 0.25) is 5.95 Å². The third-order valence-corrected chi connectivity index (χ3v) is 7.49. The van der Waals surface area contributed by atoms with Gasteiger partial charge in [-0.25, -0.2) is 9.97 Å². The van der Waals surface area contributed by atoms with Crippen molar-refractivity contribution in [1.82, 2.24) is 25.2 Å². The van der Waals surface area contributed by atoms with E-state index in [-0.39, 0.29) is 11.5 Å². The zero-order valence-corrected chi connectivity index (χ0v) is 22.6. The maximum absolute atomic E-state index is 12.9. The average molecular weight is 529 g/mol. The number of aromatic nitrogens is 3. The van der Waals surface area contributed by atoms with E-state index in [0.29, 0.717) is 42.7 Å². The third-order valence-electron chi connectivity index (χ3n) is 7.49. The van der Waals surface area contributed by atoms with Crippen LogP contribution in [0.4, 0.5) is 29.0 Å². The van der Waals surface area contributed by atoms with E-state index < -0.39 is 5.60 Å². The summed E-state index contributed by atoms with van der Waals surface area (Å²) in [6.07, 6.45) is 5.13. The second-order valence-corrected chi connectivity index (χ2v) is 10.1. The summed E-state index contributed by atoms with van der Waals surface area (Å²) < 4.78 is 0. The van der Waals surface area contributed by atoms with Crippen LogP contribution in [0.15, 0.2) is 55.3 Å². The molecule has 0 unspecified atom stereocenters. The molecule has 4 N–H and O–H groups in total. The van der Waals surface area contributed by atoms with Crippen molar-refractivity contribution >= 4 is 34.9 Å². The lowest BCUT2D eigenvalue weighted by Crippen LogP contribution is -2.44. The Kier molecular flexibility index (Phi) is 7.76. The number of benzene rings is 1. The van der Waals surface area contributed by atoms with Crippen LogP contribution in [0.1, 0.15) is 41.4 Å². The molecule has 5 rings (SSSR count). The number of aliphatic hydroxyl groups is 1. The molecule has 0 bridgehead atoms. The van der Waals surface area contributed by atoms with Crippen LogP contribution in [-0.2, 0) is 12.0 Å². The number of piperazine rings is 1. The number of hydrogen-bond acceptors (Lipinski definition) is 9.